The summed E-state index contributed by atoms with van der Waals surface area (Å²) < 4.78 is 43.7. The van der Waals surface area contributed by atoms with Crippen LogP contribution in [-0.2, 0) is 19.3 Å². The van der Waals surface area contributed by atoms with Gasteiger partial charge in [-0.15, -0.1) is 0 Å². The molecule has 0 aliphatic carbocycles. The molecule has 0 fully saturated rings. The molecular weight excluding hydrogens is 267 g/mol. The van der Waals surface area contributed by atoms with E-state index < -0.39 is 11.7 Å². The molecule has 0 heterocycles. The van der Waals surface area contributed by atoms with Crippen LogP contribution in [0.15, 0.2) is 48.5 Å². The second kappa shape index (κ2) is 5.96. The molecule has 0 aliphatic heterocycles. The van der Waals surface area contributed by atoms with E-state index in [4.69, 9.17) is 10.5 Å². The molecule has 2 aromatic rings. The molecule has 0 saturated carbocycles. The van der Waals surface area contributed by atoms with Crippen molar-refractivity contribution in [3.05, 3.63) is 65.2 Å². The Balaban J connectivity index is 2.15. The molecule has 0 aliphatic rings. The van der Waals surface area contributed by atoms with E-state index in [0.29, 0.717) is 6.54 Å². The molecule has 0 bridgehead atoms. The lowest BCUT2D eigenvalue weighted by Crippen LogP contribution is -2.08. The topological polar surface area (TPSA) is 35.2 Å². The van der Waals surface area contributed by atoms with Crippen LogP contribution in [-0.4, -0.2) is 0 Å². The first-order valence-electron chi connectivity index (χ1n) is 6.07. The monoisotopic (exact) mass is 281 g/mol. The van der Waals surface area contributed by atoms with Crippen molar-refractivity contribution in [2.45, 2.75) is 19.3 Å². The summed E-state index contributed by atoms with van der Waals surface area (Å²) in [5.74, 6) is -0.168. The SMILES string of the molecule is NCc1cccc(COc2ccccc2C(F)(F)F)c1. The number of alkyl halides is 3. The Labute approximate surface area is 115 Å². The summed E-state index contributed by atoms with van der Waals surface area (Å²) in [6.45, 7) is 0.452. The zero-order chi connectivity index (χ0) is 14.6. The van der Waals surface area contributed by atoms with Gasteiger partial charge in [0.1, 0.15) is 12.4 Å². The molecule has 2 rings (SSSR count). The zero-order valence-electron chi connectivity index (χ0n) is 10.7. The van der Waals surface area contributed by atoms with Crippen molar-refractivity contribution in [1.82, 2.24) is 0 Å². The molecule has 0 amide bonds. The lowest BCUT2D eigenvalue weighted by molar-refractivity contribution is -0.139. The molecule has 2 N–H and O–H groups in total. The highest BCUT2D eigenvalue weighted by molar-refractivity contribution is 5.36. The number of para-hydroxylation sites is 1. The number of benzene rings is 2. The van der Waals surface area contributed by atoms with E-state index in [1.165, 1.54) is 18.2 Å². The van der Waals surface area contributed by atoms with Crippen LogP contribution in [0.3, 0.4) is 0 Å². The normalized spacial score (nSPS) is 11.4. The Morgan fingerprint density at radius 3 is 2.35 bits per heavy atom. The molecule has 0 aromatic heterocycles. The van der Waals surface area contributed by atoms with Crippen molar-refractivity contribution in [2.24, 2.45) is 5.73 Å². The van der Waals surface area contributed by atoms with Crippen LogP contribution in [0.25, 0.3) is 0 Å². The van der Waals surface area contributed by atoms with Crippen molar-refractivity contribution >= 4 is 0 Å². The first-order chi connectivity index (χ1) is 9.50. The van der Waals surface area contributed by atoms with Crippen molar-refractivity contribution in [2.75, 3.05) is 0 Å². The highest BCUT2D eigenvalue weighted by Gasteiger charge is 2.33. The third-order valence-corrected chi connectivity index (χ3v) is 2.81. The van der Waals surface area contributed by atoms with Crippen LogP contribution in [0.5, 0.6) is 5.75 Å². The first-order valence-corrected chi connectivity index (χ1v) is 6.07. The Bertz CT molecular complexity index is 581. The molecule has 0 saturated heterocycles. The number of rotatable bonds is 4. The molecule has 0 spiro atoms. The lowest BCUT2D eigenvalue weighted by Gasteiger charge is -2.14. The predicted molar refractivity (Wildman–Crippen MR) is 70.1 cm³/mol. The highest BCUT2D eigenvalue weighted by Crippen LogP contribution is 2.36. The van der Waals surface area contributed by atoms with Gasteiger partial charge in [-0.1, -0.05) is 36.4 Å². The molecule has 0 atom stereocenters. The highest BCUT2D eigenvalue weighted by atomic mass is 19.4. The average Bonchev–Trinajstić information content (AvgIpc) is 2.44. The maximum atomic E-state index is 12.8. The smallest absolute Gasteiger partial charge is 0.419 e. The van der Waals surface area contributed by atoms with Gasteiger partial charge in [-0.2, -0.15) is 13.2 Å². The van der Waals surface area contributed by atoms with Gasteiger partial charge in [-0.3, -0.25) is 0 Å². The van der Waals surface area contributed by atoms with Gasteiger partial charge in [0.2, 0.25) is 0 Å². The maximum Gasteiger partial charge on any atom is 0.419 e. The minimum atomic E-state index is -4.42. The fraction of sp³-hybridized carbons (Fsp3) is 0.200. The van der Waals surface area contributed by atoms with E-state index in [9.17, 15) is 13.2 Å². The average molecular weight is 281 g/mol. The van der Waals surface area contributed by atoms with Crippen LogP contribution in [0.2, 0.25) is 0 Å². The van der Waals surface area contributed by atoms with Crippen LogP contribution >= 0.6 is 0 Å². The Kier molecular flexibility index (Phi) is 4.29. The third-order valence-electron chi connectivity index (χ3n) is 2.81. The van der Waals surface area contributed by atoms with Gasteiger partial charge >= 0.3 is 6.18 Å². The number of hydrogen-bond donors (Lipinski definition) is 1. The molecule has 20 heavy (non-hydrogen) atoms. The fourth-order valence-electron chi connectivity index (χ4n) is 1.83. The lowest BCUT2D eigenvalue weighted by atomic mass is 10.1. The molecule has 5 heteroatoms. The summed E-state index contributed by atoms with van der Waals surface area (Å²) in [6, 6.07) is 12.4. The molecule has 106 valence electrons. The minimum Gasteiger partial charge on any atom is -0.488 e. The Morgan fingerprint density at radius 1 is 0.950 bits per heavy atom. The quantitative estimate of drug-likeness (QED) is 0.926. The largest absolute Gasteiger partial charge is 0.488 e. The van der Waals surface area contributed by atoms with E-state index in [0.717, 1.165) is 17.2 Å². The third kappa shape index (κ3) is 3.51. The van der Waals surface area contributed by atoms with Gasteiger partial charge in [-0.25, -0.2) is 0 Å². The Morgan fingerprint density at radius 2 is 1.65 bits per heavy atom. The molecule has 0 radical (unpaired) electrons. The van der Waals surface area contributed by atoms with Crippen molar-refractivity contribution in [3.8, 4) is 5.75 Å². The number of hydrogen-bond acceptors (Lipinski definition) is 2. The Hall–Kier alpha value is -2.01. The summed E-state index contributed by atoms with van der Waals surface area (Å²) in [5, 5.41) is 0. The van der Waals surface area contributed by atoms with Crippen LogP contribution in [0, 0.1) is 0 Å². The van der Waals surface area contributed by atoms with Gasteiger partial charge in [-0.05, 0) is 23.3 Å². The molecule has 2 nitrogen and oxygen atoms in total. The minimum absolute atomic E-state index is 0.0704. The first kappa shape index (κ1) is 14.4. The van der Waals surface area contributed by atoms with E-state index in [1.807, 2.05) is 12.1 Å². The summed E-state index contributed by atoms with van der Waals surface area (Å²) in [6.07, 6.45) is -4.42. The number of nitrogens with two attached hydrogens (primary N) is 1. The summed E-state index contributed by atoms with van der Waals surface area (Å²) in [5.41, 5.74) is 6.44. The van der Waals surface area contributed by atoms with E-state index in [2.05, 4.69) is 0 Å². The van der Waals surface area contributed by atoms with Crippen LogP contribution in [0.4, 0.5) is 13.2 Å². The van der Waals surface area contributed by atoms with Gasteiger partial charge in [0.05, 0.1) is 5.56 Å². The van der Waals surface area contributed by atoms with Gasteiger partial charge < -0.3 is 10.5 Å². The van der Waals surface area contributed by atoms with Crippen molar-refractivity contribution < 1.29 is 17.9 Å². The summed E-state index contributed by atoms with van der Waals surface area (Å²) >= 11 is 0. The predicted octanol–water partition coefficient (Wildman–Crippen LogP) is 3.74. The van der Waals surface area contributed by atoms with Crippen molar-refractivity contribution in [3.63, 3.8) is 0 Å². The van der Waals surface area contributed by atoms with Crippen molar-refractivity contribution in [1.29, 1.82) is 0 Å². The van der Waals surface area contributed by atoms with E-state index in [-0.39, 0.29) is 12.4 Å². The fourth-order valence-corrected chi connectivity index (χ4v) is 1.83. The second-order valence-corrected chi connectivity index (χ2v) is 4.31. The number of ether oxygens (including phenoxy) is 1. The molecular formula is C15H14F3NO. The van der Waals surface area contributed by atoms with Crippen LogP contribution < -0.4 is 10.5 Å². The summed E-state index contributed by atoms with van der Waals surface area (Å²) in [4.78, 5) is 0. The van der Waals surface area contributed by atoms with E-state index >= 15 is 0 Å². The van der Waals surface area contributed by atoms with Gasteiger partial charge in [0.15, 0.2) is 0 Å². The maximum absolute atomic E-state index is 12.8. The summed E-state index contributed by atoms with van der Waals surface area (Å²) in [7, 11) is 0. The van der Waals surface area contributed by atoms with Gasteiger partial charge in [0, 0.05) is 6.54 Å². The molecule has 2 aromatic carbocycles. The number of halogens is 3. The second-order valence-electron chi connectivity index (χ2n) is 4.31. The molecule has 0 unspecified atom stereocenters. The van der Waals surface area contributed by atoms with E-state index in [1.54, 1.807) is 12.1 Å². The zero-order valence-corrected chi connectivity index (χ0v) is 10.7. The van der Waals surface area contributed by atoms with Crippen LogP contribution in [0.1, 0.15) is 16.7 Å². The van der Waals surface area contributed by atoms with Gasteiger partial charge in [0.25, 0.3) is 0 Å². The standard InChI is InChI=1S/C15H14F3NO/c16-15(17,18)13-6-1-2-7-14(13)20-10-12-5-3-4-11(8-12)9-19/h1-8H,9-10,19H2.